The first-order valence-electron chi connectivity index (χ1n) is 9.26. The van der Waals surface area contributed by atoms with Gasteiger partial charge in [-0.15, -0.1) is 0 Å². The van der Waals surface area contributed by atoms with Crippen molar-refractivity contribution in [3.05, 3.63) is 77.7 Å². The average Bonchev–Trinajstić information content (AvgIpc) is 2.68. The van der Waals surface area contributed by atoms with E-state index in [1.165, 1.54) is 17.7 Å². The van der Waals surface area contributed by atoms with Crippen LogP contribution in [0.1, 0.15) is 11.1 Å². The molecule has 4 nitrogen and oxygen atoms in total. The molecule has 0 spiro atoms. The minimum absolute atomic E-state index is 0.0626. The topological polar surface area (TPSA) is 36.4 Å². The number of aromatic nitrogens is 1. The van der Waals surface area contributed by atoms with Crippen LogP contribution in [0.4, 0.5) is 4.39 Å². The standard InChI is InChI=1S/C22H22FN3O/c23-20-6-3-4-17(13-20)14-22(27)26-10-8-25(9-11-26)16-18-12-19-5-1-2-7-21(19)24-15-18/h1-7,12-13,15H,8-11,14,16H2. The second kappa shape index (κ2) is 7.84. The summed E-state index contributed by atoms with van der Waals surface area (Å²) in [5.41, 5.74) is 2.92. The van der Waals surface area contributed by atoms with Crippen LogP contribution in [-0.4, -0.2) is 46.9 Å². The van der Waals surface area contributed by atoms with Gasteiger partial charge in [-0.2, -0.15) is 0 Å². The van der Waals surface area contributed by atoms with Gasteiger partial charge in [-0.05, 0) is 35.4 Å². The first-order chi connectivity index (χ1) is 13.2. The van der Waals surface area contributed by atoms with Crippen LogP contribution in [0, 0.1) is 5.82 Å². The summed E-state index contributed by atoms with van der Waals surface area (Å²) in [6.45, 7) is 3.91. The summed E-state index contributed by atoms with van der Waals surface area (Å²) in [5.74, 6) is -0.235. The first kappa shape index (κ1) is 17.6. The number of piperazine rings is 1. The Labute approximate surface area is 158 Å². The third kappa shape index (κ3) is 4.31. The predicted octanol–water partition coefficient (Wildman–Crippen LogP) is 3.26. The summed E-state index contributed by atoms with van der Waals surface area (Å²) < 4.78 is 13.3. The first-order valence-corrected chi connectivity index (χ1v) is 9.26. The normalized spacial score (nSPS) is 15.2. The molecule has 0 aliphatic carbocycles. The molecule has 4 rings (SSSR count). The van der Waals surface area contributed by atoms with Crippen molar-refractivity contribution in [2.75, 3.05) is 26.2 Å². The molecule has 138 valence electrons. The molecular formula is C22H22FN3O. The van der Waals surface area contributed by atoms with Crippen LogP contribution < -0.4 is 0 Å². The molecule has 1 aliphatic rings. The molecule has 1 saturated heterocycles. The van der Waals surface area contributed by atoms with E-state index in [0.29, 0.717) is 13.1 Å². The van der Waals surface area contributed by atoms with Gasteiger partial charge in [-0.1, -0.05) is 30.3 Å². The lowest BCUT2D eigenvalue weighted by Gasteiger charge is -2.34. The van der Waals surface area contributed by atoms with Gasteiger partial charge in [0.15, 0.2) is 0 Å². The minimum Gasteiger partial charge on any atom is -0.340 e. The van der Waals surface area contributed by atoms with Crippen molar-refractivity contribution in [1.29, 1.82) is 0 Å². The Bertz CT molecular complexity index is 951. The van der Waals surface area contributed by atoms with Gasteiger partial charge >= 0.3 is 0 Å². The Kier molecular flexibility index (Phi) is 5.12. The molecule has 0 atom stereocenters. The van der Waals surface area contributed by atoms with Gasteiger partial charge in [0.2, 0.25) is 5.91 Å². The van der Waals surface area contributed by atoms with Gasteiger partial charge in [0.25, 0.3) is 0 Å². The molecule has 0 unspecified atom stereocenters. The lowest BCUT2D eigenvalue weighted by Crippen LogP contribution is -2.48. The van der Waals surface area contributed by atoms with E-state index < -0.39 is 0 Å². The zero-order chi connectivity index (χ0) is 18.6. The Morgan fingerprint density at radius 1 is 0.963 bits per heavy atom. The van der Waals surface area contributed by atoms with E-state index in [9.17, 15) is 9.18 Å². The van der Waals surface area contributed by atoms with Gasteiger partial charge in [-0.3, -0.25) is 14.7 Å². The van der Waals surface area contributed by atoms with Crippen molar-refractivity contribution in [3.8, 4) is 0 Å². The van der Waals surface area contributed by atoms with Gasteiger partial charge < -0.3 is 4.90 Å². The lowest BCUT2D eigenvalue weighted by atomic mass is 10.1. The van der Waals surface area contributed by atoms with Crippen molar-refractivity contribution in [2.45, 2.75) is 13.0 Å². The third-order valence-electron chi connectivity index (χ3n) is 5.02. The molecule has 1 amide bonds. The Hall–Kier alpha value is -2.79. The maximum Gasteiger partial charge on any atom is 0.227 e. The third-order valence-corrected chi connectivity index (χ3v) is 5.02. The number of nitrogens with zero attached hydrogens (tertiary/aromatic N) is 3. The van der Waals surface area contributed by atoms with E-state index in [-0.39, 0.29) is 18.1 Å². The van der Waals surface area contributed by atoms with Crippen molar-refractivity contribution in [3.63, 3.8) is 0 Å². The number of carbonyl (C=O) groups excluding carboxylic acids is 1. The Balaban J connectivity index is 1.32. The van der Waals surface area contributed by atoms with Crippen LogP contribution in [0.3, 0.4) is 0 Å². The molecule has 0 N–H and O–H groups in total. The van der Waals surface area contributed by atoms with Crippen LogP contribution in [0.15, 0.2) is 60.8 Å². The Morgan fingerprint density at radius 3 is 2.59 bits per heavy atom. The van der Waals surface area contributed by atoms with Crippen molar-refractivity contribution >= 4 is 16.8 Å². The van der Waals surface area contributed by atoms with Crippen molar-refractivity contribution in [2.24, 2.45) is 0 Å². The summed E-state index contributed by atoms with van der Waals surface area (Å²) in [4.78, 5) is 21.2. The number of rotatable bonds is 4. The number of hydrogen-bond acceptors (Lipinski definition) is 3. The second-order valence-corrected chi connectivity index (χ2v) is 7.00. The monoisotopic (exact) mass is 363 g/mol. The van der Waals surface area contributed by atoms with E-state index in [1.807, 2.05) is 29.3 Å². The molecule has 0 radical (unpaired) electrons. The number of benzene rings is 2. The van der Waals surface area contributed by atoms with Crippen molar-refractivity contribution in [1.82, 2.24) is 14.8 Å². The van der Waals surface area contributed by atoms with Gasteiger partial charge in [-0.25, -0.2) is 4.39 Å². The van der Waals surface area contributed by atoms with Gasteiger partial charge in [0.1, 0.15) is 5.82 Å². The molecule has 1 aromatic heterocycles. The Morgan fingerprint density at radius 2 is 1.78 bits per heavy atom. The van der Waals surface area contributed by atoms with E-state index >= 15 is 0 Å². The van der Waals surface area contributed by atoms with Gasteiger partial charge in [0, 0.05) is 44.3 Å². The fraction of sp³-hybridized carbons (Fsp3) is 0.273. The molecular weight excluding hydrogens is 341 g/mol. The molecule has 3 aromatic rings. The molecule has 1 fully saturated rings. The van der Waals surface area contributed by atoms with E-state index in [4.69, 9.17) is 0 Å². The summed E-state index contributed by atoms with van der Waals surface area (Å²) in [6, 6.07) is 16.6. The number of fused-ring (bicyclic) bond motifs is 1. The number of halogens is 1. The molecule has 5 heteroatoms. The smallest absolute Gasteiger partial charge is 0.227 e. The predicted molar refractivity (Wildman–Crippen MR) is 104 cm³/mol. The zero-order valence-electron chi connectivity index (χ0n) is 15.1. The molecule has 0 bridgehead atoms. The summed E-state index contributed by atoms with van der Waals surface area (Å²) in [6.07, 6.45) is 2.19. The zero-order valence-corrected chi connectivity index (χ0v) is 15.1. The molecule has 0 saturated carbocycles. The average molecular weight is 363 g/mol. The SMILES string of the molecule is O=C(Cc1cccc(F)c1)N1CCN(Cc2cnc3ccccc3c2)CC1. The quantitative estimate of drug-likeness (QED) is 0.714. The highest BCUT2D eigenvalue weighted by atomic mass is 19.1. The fourth-order valence-corrected chi connectivity index (χ4v) is 3.55. The minimum atomic E-state index is -0.297. The van der Waals surface area contributed by atoms with E-state index in [2.05, 4.69) is 22.0 Å². The van der Waals surface area contributed by atoms with E-state index in [0.717, 1.165) is 36.1 Å². The number of carbonyl (C=O) groups is 1. The highest BCUT2D eigenvalue weighted by molar-refractivity contribution is 5.79. The van der Waals surface area contributed by atoms with E-state index in [1.54, 1.807) is 12.1 Å². The number of pyridine rings is 1. The van der Waals surface area contributed by atoms with Crippen LogP contribution >= 0.6 is 0 Å². The van der Waals surface area contributed by atoms with Crippen molar-refractivity contribution < 1.29 is 9.18 Å². The lowest BCUT2D eigenvalue weighted by molar-refractivity contribution is -0.132. The van der Waals surface area contributed by atoms with Crippen LogP contribution in [0.25, 0.3) is 10.9 Å². The number of para-hydroxylation sites is 1. The van der Waals surface area contributed by atoms with Gasteiger partial charge in [0.05, 0.1) is 11.9 Å². The highest BCUT2D eigenvalue weighted by Crippen LogP contribution is 2.15. The maximum atomic E-state index is 13.3. The highest BCUT2D eigenvalue weighted by Gasteiger charge is 2.21. The molecule has 27 heavy (non-hydrogen) atoms. The summed E-state index contributed by atoms with van der Waals surface area (Å²) in [7, 11) is 0. The second-order valence-electron chi connectivity index (χ2n) is 7.00. The van der Waals surface area contributed by atoms with Crippen LogP contribution in [0.5, 0.6) is 0 Å². The number of hydrogen-bond donors (Lipinski definition) is 0. The molecule has 1 aliphatic heterocycles. The summed E-state index contributed by atoms with van der Waals surface area (Å²) >= 11 is 0. The molecule has 2 aromatic carbocycles. The fourth-order valence-electron chi connectivity index (χ4n) is 3.55. The maximum absolute atomic E-state index is 13.3. The largest absolute Gasteiger partial charge is 0.340 e. The molecule has 2 heterocycles. The summed E-state index contributed by atoms with van der Waals surface area (Å²) in [5, 5.41) is 1.15. The van der Waals surface area contributed by atoms with Crippen LogP contribution in [0.2, 0.25) is 0 Å². The van der Waals surface area contributed by atoms with Crippen LogP contribution in [-0.2, 0) is 17.8 Å². The number of amides is 1.